The lowest BCUT2D eigenvalue weighted by Crippen LogP contribution is -2.50. The van der Waals surface area contributed by atoms with Crippen molar-refractivity contribution >= 4 is 35.8 Å². The van der Waals surface area contributed by atoms with E-state index >= 15 is 0 Å². The van der Waals surface area contributed by atoms with Crippen molar-refractivity contribution < 1.29 is 9.53 Å². The number of hydrogen-bond acceptors (Lipinski definition) is 4. The number of guanidine groups is 1. The molecule has 7 nitrogen and oxygen atoms in total. The molecule has 0 saturated carbocycles. The number of likely N-dealkylation sites (tertiary alicyclic amines) is 1. The molecule has 0 unspecified atom stereocenters. The zero-order valence-corrected chi connectivity index (χ0v) is 20.4. The molecule has 1 aromatic rings. The third-order valence-corrected chi connectivity index (χ3v) is 4.66. The molecule has 1 fully saturated rings. The molecule has 1 saturated heterocycles. The standard InChI is InChI=1S/C21H35N5O2.HI/c1-5-13-28-19-8-7-17(14-23-19)15-24-21(22-6-2)25-18-9-11-26(12-10-18)20(27)16(3)4;/h7-8,14,16,18H,5-6,9-13,15H2,1-4H3,(H2,22,24,25);1H. The van der Waals surface area contributed by atoms with Gasteiger partial charge in [-0.1, -0.05) is 26.8 Å². The Morgan fingerprint density at radius 3 is 2.59 bits per heavy atom. The Balaban J connectivity index is 0.00000420. The lowest BCUT2D eigenvalue weighted by molar-refractivity contribution is -0.135. The van der Waals surface area contributed by atoms with Crippen LogP contribution in [0.3, 0.4) is 0 Å². The van der Waals surface area contributed by atoms with Crippen molar-refractivity contribution in [2.45, 2.75) is 59.5 Å². The molecule has 0 bridgehead atoms. The van der Waals surface area contributed by atoms with Gasteiger partial charge in [-0.3, -0.25) is 4.79 Å². The molecule has 29 heavy (non-hydrogen) atoms. The monoisotopic (exact) mass is 517 g/mol. The predicted octanol–water partition coefficient (Wildman–Crippen LogP) is 3.19. The van der Waals surface area contributed by atoms with Gasteiger partial charge in [0.1, 0.15) is 0 Å². The largest absolute Gasteiger partial charge is 0.478 e. The van der Waals surface area contributed by atoms with Gasteiger partial charge in [0.15, 0.2) is 5.96 Å². The van der Waals surface area contributed by atoms with Gasteiger partial charge in [-0.15, -0.1) is 24.0 Å². The van der Waals surface area contributed by atoms with E-state index in [1.54, 1.807) is 0 Å². The zero-order valence-electron chi connectivity index (χ0n) is 18.1. The summed E-state index contributed by atoms with van der Waals surface area (Å²) < 4.78 is 5.52. The number of nitrogens with zero attached hydrogens (tertiary/aromatic N) is 3. The van der Waals surface area contributed by atoms with Crippen LogP contribution in [-0.2, 0) is 11.3 Å². The van der Waals surface area contributed by atoms with Crippen molar-refractivity contribution in [2.24, 2.45) is 10.9 Å². The molecule has 2 rings (SSSR count). The van der Waals surface area contributed by atoms with Crippen LogP contribution < -0.4 is 15.4 Å². The molecular formula is C21H36IN5O2. The Labute approximate surface area is 192 Å². The second-order valence-electron chi connectivity index (χ2n) is 7.45. The molecular weight excluding hydrogens is 481 g/mol. The molecule has 8 heteroatoms. The lowest BCUT2D eigenvalue weighted by atomic mass is 10.0. The highest BCUT2D eigenvalue weighted by Crippen LogP contribution is 2.13. The maximum atomic E-state index is 12.1. The van der Waals surface area contributed by atoms with E-state index in [0.29, 0.717) is 25.1 Å². The van der Waals surface area contributed by atoms with Crippen LogP contribution in [0.2, 0.25) is 0 Å². The highest BCUT2D eigenvalue weighted by molar-refractivity contribution is 14.0. The van der Waals surface area contributed by atoms with Crippen LogP contribution in [0.5, 0.6) is 5.88 Å². The minimum atomic E-state index is 0. The summed E-state index contributed by atoms with van der Waals surface area (Å²) in [4.78, 5) is 23.1. The first-order chi connectivity index (χ1) is 13.5. The van der Waals surface area contributed by atoms with Crippen LogP contribution in [0.25, 0.3) is 0 Å². The first-order valence-electron chi connectivity index (χ1n) is 10.4. The first kappa shape index (κ1) is 25.5. The van der Waals surface area contributed by atoms with Crippen molar-refractivity contribution in [3.8, 4) is 5.88 Å². The number of aromatic nitrogens is 1. The Morgan fingerprint density at radius 1 is 1.31 bits per heavy atom. The minimum Gasteiger partial charge on any atom is -0.478 e. The van der Waals surface area contributed by atoms with Crippen LogP contribution in [0.15, 0.2) is 23.3 Å². The number of hydrogen-bond donors (Lipinski definition) is 2. The number of amides is 1. The predicted molar refractivity (Wildman–Crippen MR) is 128 cm³/mol. The molecule has 1 aliphatic heterocycles. The van der Waals surface area contributed by atoms with Crippen LogP contribution in [-0.4, -0.2) is 54.0 Å². The number of nitrogens with one attached hydrogen (secondary N) is 2. The summed E-state index contributed by atoms with van der Waals surface area (Å²) in [5.41, 5.74) is 1.04. The summed E-state index contributed by atoms with van der Waals surface area (Å²) in [7, 11) is 0. The fraction of sp³-hybridized carbons (Fsp3) is 0.667. The minimum absolute atomic E-state index is 0. The van der Waals surface area contributed by atoms with E-state index in [2.05, 4.69) is 34.5 Å². The molecule has 2 heterocycles. The maximum Gasteiger partial charge on any atom is 0.225 e. The molecule has 0 aliphatic carbocycles. The highest BCUT2D eigenvalue weighted by Gasteiger charge is 2.24. The molecule has 1 amide bonds. The number of piperidine rings is 1. The van der Waals surface area contributed by atoms with E-state index in [1.807, 2.05) is 37.1 Å². The Morgan fingerprint density at radius 2 is 2.03 bits per heavy atom. The van der Waals surface area contributed by atoms with Crippen LogP contribution in [0.1, 0.15) is 52.5 Å². The van der Waals surface area contributed by atoms with Gasteiger partial charge in [0.05, 0.1) is 13.2 Å². The van der Waals surface area contributed by atoms with Gasteiger partial charge in [0, 0.05) is 43.9 Å². The zero-order chi connectivity index (χ0) is 20.4. The number of carbonyl (C=O) groups excluding carboxylic acids is 1. The molecule has 1 aliphatic rings. The van der Waals surface area contributed by atoms with Gasteiger partial charge < -0.3 is 20.3 Å². The number of halogens is 1. The normalized spacial score (nSPS) is 15.1. The van der Waals surface area contributed by atoms with Crippen molar-refractivity contribution in [2.75, 3.05) is 26.2 Å². The smallest absolute Gasteiger partial charge is 0.225 e. The van der Waals surface area contributed by atoms with E-state index in [1.165, 1.54) is 0 Å². The maximum absolute atomic E-state index is 12.1. The van der Waals surface area contributed by atoms with Crippen molar-refractivity contribution in [3.05, 3.63) is 23.9 Å². The SMILES string of the molecule is CCCOc1ccc(CN=C(NCC)NC2CCN(C(=O)C(C)C)CC2)cn1.I. The Hall–Kier alpha value is -1.58. The molecule has 0 aromatic carbocycles. The molecule has 0 atom stereocenters. The molecule has 1 aromatic heterocycles. The lowest BCUT2D eigenvalue weighted by Gasteiger charge is -2.34. The highest BCUT2D eigenvalue weighted by atomic mass is 127. The second-order valence-corrected chi connectivity index (χ2v) is 7.45. The van der Waals surface area contributed by atoms with Gasteiger partial charge in [-0.25, -0.2) is 9.98 Å². The van der Waals surface area contributed by atoms with Gasteiger partial charge in [-0.2, -0.15) is 0 Å². The van der Waals surface area contributed by atoms with Gasteiger partial charge in [-0.05, 0) is 31.7 Å². The average Bonchev–Trinajstić information content (AvgIpc) is 2.71. The van der Waals surface area contributed by atoms with Crippen LogP contribution in [0, 0.1) is 5.92 Å². The summed E-state index contributed by atoms with van der Waals surface area (Å²) in [6.07, 6.45) is 4.66. The van der Waals surface area contributed by atoms with Crippen molar-refractivity contribution in [1.82, 2.24) is 20.5 Å². The van der Waals surface area contributed by atoms with Gasteiger partial charge in [0.25, 0.3) is 0 Å². The topological polar surface area (TPSA) is 78.9 Å². The number of pyridine rings is 1. The Bertz CT molecular complexity index is 628. The summed E-state index contributed by atoms with van der Waals surface area (Å²) in [5, 5.41) is 6.82. The fourth-order valence-corrected chi connectivity index (χ4v) is 3.09. The number of aliphatic imine (C=N–C) groups is 1. The summed E-state index contributed by atoms with van der Waals surface area (Å²) >= 11 is 0. The number of rotatable bonds is 8. The second kappa shape index (κ2) is 13.6. The molecule has 164 valence electrons. The molecule has 0 spiro atoms. The van der Waals surface area contributed by atoms with E-state index < -0.39 is 0 Å². The summed E-state index contributed by atoms with van der Waals surface area (Å²) in [6.45, 7) is 11.7. The van der Waals surface area contributed by atoms with Crippen molar-refractivity contribution in [3.63, 3.8) is 0 Å². The van der Waals surface area contributed by atoms with Crippen LogP contribution >= 0.6 is 24.0 Å². The first-order valence-corrected chi connectivity index (χ1v) is 10.4. The Kier molecular flexibility index (Phi) is 11.9. The molecule has 2 N–H and O–H groups in total. The van der Waals surface area contributed by atoms with E-state index in [9.17, 15) is 4.79 Å². The van der Waals surface area contributed by atoms with Gasteiger partial charge in [0.2, 0.25) is 11.8 Å². The fourth-order valence-electron chi connectivity index (χ4n) is 3.09. The third kappa shape index (κ3) is 8.76. The van der Waals surface area contributed by atoms with Crippen LogP contribution in [0.4, 0.5) is 0 Å². The third-order valence-electron chi connectivity index (χ3n) is 4.66. The van der Waals surface area contributed by atoms with Crippen molar-refractivity contribution in [1.29, 1.82) is 0 Å². The number of ether oxygens (including phenoxy) is 1. The molecule has 0 radical (unpaired) electrons. The summed E-state index contributed by atoms with van der Waals surface area (Å²) in [6, 6.07) is 4.22. The van der Waals surface area contributed by atoms with Gasteiger partial charge >= 0.3 is 0 Å². The van der Waals surface area contributed by atoms with E-state index in [-0.39, 0.29) is 35.8 Å². The quantitative estimate of drug-likeness (QED) is 0.315. The summed E-state index contributed by atoms with van der Waals surface area (Å²) in [5.74, 6) is 1.78. The van der Waals surface area contributed by atoms with E-state index in [4.69, 9.17) is 4.74 Å². The van der Waals surface area contributed by atoms with E-state index in [0.717, 1.165) is 50.4 Å². The average molecular weight is 517 g/mol. The number of carbonyl (C=O) groups is 1.